The van der Waals surface area contributed by atoms with Crippen molar-refractivity contribution in [3.63, 3.8) is 0 Å². The van der Waals surface area contributed by atoms with E-state index in [1.165, 1.54) is 32.2 Å². The Morgan fingerprint density at radius 3 is 2.69 bits per heavy atom. The van der Waals surface area contributed by atoms with Crippen molar-refractivity contribution in [2.24, 2.45) is 5.92 Å². The fraction of sp³-hybridized carbons (Fsp3) is 0.760. The van der Waals surface area contributed by atoms with Crippen LogP contribution in [-0.2, 0) is 24.2 Å². The summed E-state index contributed by atoms with van der Waals surface area (Å²) in [6.07, 6.45) is 5.47. The van der Waals surface area contributed by atoms with Crippen molar-refractivity contribution in [1.29, 1.82) is 0 Å². The van der Waals surface area contributed by atoms with Crippen LogP contribution in [0.5, 0.6) is 0 Å². The van der Waals surface area contributed by atoms with Crippen LogP contribution in [0.2, 0.25) is 0 Å². The van der Waals surface area contributed by atoms with Crippen LogP contribution in [0.3, 0.4) is 0 Å². The van der Waals surface area contributed by atoms with Crippen molar-refractivity contribution >= 4 is 0 Å². The van der Waals surface area contributed by atoms with Gasteiger partial charge in [0.2, 0.25) is 0 Å². The Labute approximate surface area is 177 Å². The highest BCUT2D eigenvalue weighted by atomic mass is 16.5. The van der Waals surface area contributed by atoms with Crippen molar-refractivity contribution in [3.05, 3.63) is 34.9 Å². The van der Waals surface area contributed by atoms with Crippen molar-refractivity contribution < 1.29 is 4.74 Å². The standard InChI is InChI=1S/C25H39N3O/c1-18(2)27-16-21-6-4-5-20(24(21)17-27)13-19(3)28-23-7-8-25(28)22(14-23)15-26-9-11-29-12-10-26/h4-6,18-19,22-23,25H,7-17H2,1-3H3. The largest absolute Gasteiger partial charge is 0.379 e. The van der Waals surface area contributed by atoms with E-state index in [0.29, 0.717) is 12.1 Å². The van der Waals surface area contributed by atoms with E-state index in [-0.39, 0.29) is 0 Å². The van der Waals surface area contributed by atoms with Crippen molar-refractivity contribution in [2.75, 3.05) is 32.8 Å². The fourth-order valence-corrected chi connectivity index (χ4v) is 6.65. The van der Waals surface area contributed by atoms with Gasteiger partial charge in [-0.05, 0) is 69.1 Å². The third-order valence-electron chi connectivity index (χ3n) is 8.17. The van der Waals surface area contributed by atoms with E-state index >= 15 is 0 Å². The molecule has 1 aromatic rings. The Morgan fingerprint density at radius 2 is 1.90 bits per heavy atom. The lowest BCUT2D eigenvalue weighted by atomic mass is 9.88. The summed E-state index contributed by atoms with van der Waals surface area (Å²) >= 11 is 0. The first-order valence-corrected chi connectivity index (χ1v) is 12.0. The first-order valence-electron chi connectivity index (χ1n) is 12.0. The second kappa shape index (κ2) is 8.30. The predicted molar refractivity (Wildman–Crippen MR) is 118 cm³/mol. The highest BCUT2D eigenvalue weighted by Gasteiger charge is 2.48. The van der Waals surface area contributed by atoms with Gasteiger partial charge in [0, 0.05) is 56.9 Å². The maximum Gasteiger partial charge on any atom is 0.0594 e. The smallest absolute Gasteiger partial charge is 0.0594 e. The number of hydrogen-bond donors (Lipinski definition) is 0. The van der Waals surface area contributed by atoms with E-state index in [4.69, 9.17) is 4.74 Å². The average molecular weight is 398 g/mol. The van der Waals surface area contributed by atoms with Crippen LogP contribution in [0, 0.1) is 5.92 Å². The van der Waals surface area contributed by atoms with E-state index in [1.807, 2.05) is 0 Å². The fourth-order valence-electron chi connectivity index (χ4n) is 6.65. The number of nitrogens with zero attached hydrogens (tertiary/aromatic N) is 3. The van der Waals surface area contributed by atoms with Gasteiger partial charge < -0.3 is 4.74 Å². The Balaban J connectivity index is 1.25. The lowest BCUT2D eigenvalue weighted by molar-refractivity contribution is 0.0269. The van der Waals surface area contributed by atoms with Gasteiger partial charge in [-0.25, -0.2) is 0 Å². The van der Waals surface area contributed by atoms with Gasteiger partial charge in [0.15, 0.2) is 0 Å². The molecule has 5 rings (SSSR count). The predicted octanol–water partition coefficient (Wildman–Crippen LogP) is 3.53. The molecule has 4 atom stereocenters. The molecule has 3 saturated heterocycles. The van der Waals surface area contributed by atoms with Gasteiger partial charge >= 0.3 is 0 Å². The molecule has 4 heteroatoms. The maximum absolute atomic E-state index is 5.56. The minimum atomic E-state index is 0.628. The molecule has 0 aliphatic carbocycles. The number of fused-ring (bicyclic) bond motifs is 3. The minimum absolute atomic E-state index is 0.628. The molecule has 4 aliphatic heterocycles. The van der Waals surface area contributed by atoms with Gasteiger partial charge in [0.05, 0.1) is 13.2 Å². The molecule has 0 amide bonds. The molecule has 0 radical (unpaired) electrons. The van der Waals surface area contributed by atoms with E-state index in [0.717, 1.165) is 57.4 Å². The third kappa shape index (κ3) is 3.89. The molecular weight excluding hydrogens is 358 g/mol. The van der Waals surface area contributed by atoms with Crippen LogP contribution >= 0.6 is 0 Å². The quantitative estimate of drug-likeness (QED) is 0.731. The monoisotopic (exact) mass is 397 g/mol. The van der Waals surface area contributed by atoms with Crippen LogP contribution in [0.15, 0.2) is 18.2 Å². The zero-order valence-corrected chi connectivity index (χ0v) is 18.6. The second-order valence-corrected chi connectivity index (χ2v) is 10.3. The highest BCUT2D eigenvalue weighted by Crippen LogP contribution is 2.44. The van der Waals surface area contributed by atoms with Crippen molar-refractivity contribution in [1.82, 2.24) is 14.7 Å². The lowest BCUT2D eigenvalue weighted by Crippen LogP contribution is -2.44. The summed E-state index contributed by atoms with van der Waals surface area (Å²) in [4.78, 5) is 8.19. The normalized spacial score (nSPS) is 31.7. The zero-order chi connectivity index (χ0) is 20.0. The summed E-state index contributed by atoms with van der Waals surface area (Å²) in [5, 5.41) is 0. The summed E-state index contributed by atoms with van der Waals surface area (Å²) < 4.78 is 5.56. The summed E-state index contributed by atoms with van der Waals surface area (Å²) in [7, 11) is 0. The van der Waals surface area contributed by atoms with E-state index in [1.54, 1.807) is 16.7 Å². The van der Waals surface area contributed by atoms with Gasteiger partial charge in [0.25, 0.3) is 0 Å². The van der Waals surface area contributed by atoms with Crippen LogP contribution in [0.25, 0.3) is 0 Å². The summed E-state index contributed by atoms with van der Waals surface area (Å²) in [5.74, 6) is 0.868. The minimum Gasteiger partial charge on any atom is -0.379 e. The SMILES string of the molecule is CC(C)N1Cc2cccc(CC(C)N3C4CCC3C(CN3CCOCC3)C4)c2C1. The van der Waals surface area contributed by atoms with E-state index in [2.05, 4.69) is 53.7 Å². The number of rotatable bonds is 6. The number of hydrogen-bond acceptors (Lipinski definition) is 4. The molecule has 160 valence electrons. The number of morpholine rings is 1. The first kappa shape index (κ1) is 20.0. The van der Waals surface area contributed by atoms with Crippen LogP contribution in [0.4, 0.5) is 0 Å². The molecule has 4 unspecified atom stereocenters. The maximum atomic E-state index is 5.56. The molecule has 29 heavy (non-hydrogen) atoms. The van der Waals surface area contributed by atoms with Crippen LogP contribution in [-0.4, -0.2) is 71.7 Å². The summed E-state index contributed by atoms with van der Waals surface area (Å²) in [5.41, 5.74) is 4.80. The van der Waals surface area contributed by atoms with Gasteiger partial charge in [0.1, 0.15) is 0 Å². The van der Waals surface area contributed by atoms with Gasteiger partial charge in [-0.15, -0.1) is 0 Å². The summed E-state index contributed by atoms with van der Waals surface area (Å²) in [6.45, 7) is 14.8. The van der Waals surface area contributed by atoms with Gasteiger partial charge in [-0.2, -0.15) is 0 Å². The van der Waals surface area contributed by atoms with Crippen LogP contribution in [0.1, 0.15) is 56.7 Å². The number of benzene rings is 1. The molecule has 4 aliphatic rings. The Morgan fingerprint density at radius 1 is 1.07 bits per heavy atom. The Hall–Kier alpha value is -0.940. The molecule has 0 saturated carbocycles. The van der Waals surface area contributed by atoms with Crippen LogP contribution < -0.4 is 0 Å². The van der Waals surface area contributed by atoms with Crippen molar-refractivity contribution in [3.8, 4) is 0 Å². The lowest BCUT2D eigenvalue weighted by Gasteiger charge is -2.34. The molecule has 0 spiro atoms. The molecule has 4 nitrogen and oxygen atoms in total. The van der Waals surface area contributed by atoms with E-state index in [9.17, 15) is 0 Å². The molecule has 0 aromatic heterocycles. The Kier molecular flexibility index (Phi) is 5.72. The first-order chi connectivity index (χ1) is 14.1. The van der Waals surface area contributed by atoms with Gasteiger partial charge in [-0.3, -0.25) is 14.7 Å². The average Bonchev–Trinajstić information content (AvgIpc) is 3.41. The topological polar surface area (TPSA) is 19.0 Å². The Bertz CT molecular complexity index is 714. The molecule has 4 heterocycles. The zero-order valence-electron chi connectivity index (χ0n) is 18.6. The van der Waals surface area contributed by atoms with Gasteiger partial charge in [-0.1, -0.05) is 18.2 Å². The molecule has 0 N–H and O–H groups in total. The molecular formula is C25H39N3O. The molecule has 2 bridgehead atoms. The molecule has 3 fully saturated rings. The third-order valence-corrected chi connectivity index (χ3v) is 8.17. The van der Waals surface area contributed by atoms with E-state index < -0.39 is 0 Å². The summed E-state index contributed by atoms with van der Waals surface area (Å²) in [6, 6.07) is 9.97. The highest BCUT2D eigenvalue weighted by molar-refractivity contribution is 5.38. The second-order valence-electron chi connectivity index (χ2n) is 10.3. The number of ether oxygens (including phenoxy) is 1. The molecule has 1 aromatic carbocycles. The van der Waals surface area contributed by atoms with Crippen molar-refractivity contribution in [2.45, 2.75) is 83.7 Å².